The highest BCUT2D eigenvalue weighted by Gasteiger charge is 2.19. The summed E-state index contributed by atoms with van der Waals surface area (Å²) in [6, 6.07) is 0. The van der Waals surface area contributed by atoms with Crippen molar-refractivity contribution in [3.05, 3.63) is 47.7 Å². The number of carboxylic acid groups (broad SMARTS) is 1. The van der Waals surface area contributed by atoms with Crippen molar-refractivity contribution in [1.29, 1.82) is 0 Å². The van der Waals surface area contributed by atoms with E-state index in [0.29, 0.717) is 11.3 Å². The van der Waals surface area contributed by atoms with E-state index in [1.807, 2.05) is 0 Å². The molecule has 0 saturated carbocycles. The predicted octanol–water partition coefficient (Wildman–Crippen LogP) is 2.20. The van der Waals surface area contributed by atoms with E-state index >= 15 is 0 Å². The van der Waals surface area contributed by atoms with Crippen molar-refractivity contribution < 1.29 is 14.7 Å². The van der Waals surface area contributed by atoms with Crippen LogP contribution < -0.4 is 0 Å². The van der Waals surface area contributed by atoms with Crippen molar-refractivity contribution in [3.63, 3.8) is 0 Å². The summed E-state index contributed by atoms with van der Waals surface area (Å²) >= 11 is 0. The molecule has 2 aliphatic carbocycles. The molecule has 0 saturated heterocycles. The third-order valence-electron chi connectivity index (χ3n) is 2.66. The summed E-state index contributed by atoms with van der Waals surface area (Å²) in [7, 11) is 0. The summed E-state index contributed by atoms with van der Waals surface area (Å²) in [6.07, 6.45) is 14.2. The monoisotopic (exact) mass is 243 g/mol. The summed E-state index contributed by atoms with van der Waals surface area (Å²) in [5, 5.41) is 8.61. The molecule has 4 heteroatoms. The smallest absolute Gasteiger partial charge is 0.354 e. The molecule has 1 heterocycles. The standard InChI is InChI=1S/C9H5NO3.C5H8/c11-6-2-1-5-3-8(9(12)13)10-7(5)4-6;1-2-4-5-3-1/h1-4H,(H,12,13);1-2H,3-5H2. The lowest BCUT2D eigenvalue weighted by atomic mass is 10.1. The van der Waals surface area contributed by atoms with Crippen LogP contribution in [0.25, 0.3) is 0 Å². The fourth-order valence-electron chi connectivity index (χ4n) is 1.75. The average molecular weight is 243 g/mol. The zero-order chi connectivity index (χ0) is 13.0. The summed E-state index contributed by atoms with van der Waals surface area (Å²) in [6.45, 7) is 0. The Labute approximate surface area is 105 Å². The highest BCUT2D eigenvalue weighted by atomic mass is 16.4. The quantitative estimate of drug-likeness (QED) is 0.718. The van der Waals surface area contributed by atoms with Gasteiger partial charge in [-0.05, 0) is 37.5 Å². The Morgan fingerprint density at radius 1 is 1.17 bits per heavy atom. The molecule has 3 aliphatic rings. The van der Waals surface area contributed by atoms with Crippen LogP contribution in [0.15, 0.2) is 52.7 Å². The maximum absolute atomic E-state index is 10.9. The van der Waals surface area contributed by atoms with Crippen LogP contribution in [0.1, 0.15) is 19.3 Å². The number of carbonyl (C=O) groups is 2. The molecule has 0 spiro atoms. The van der Waals surface area contributed by atoms with E-state index in [1.54, 1.807) is 6.08 Å². The Morgan fingerprint density at radius 3 is 2.44 bits per heavy atom. The second-order valence-corrected chi connectivity index (χ2v) is 4.07. The van der Waals surface area contributed by atoms with Crippen molar-refractivity contribution in [1.82, 2.24) is 0 Å². The first kappa shape index (κ1) is 12.2. The van der Waals surface area contributed by atoms with Crippen LogP contribution in [0.2, 0.25) is 0 Å². The lowest BCUT2D eigenvalue weighted by Crippen LogP contribution is -2.07. The molecule has 0 bridgehead atoms. The minimum Gasteiger partial charge on any atom is -0.477 e. The van der Waals surface area contributed by atoms with E-state index in [1.165, 1.54) is 37.5 Å². The highest BCUT2D eigenvalue weighted by molar-refractivity contribution is 6.42. The molecule has 92 valence electrons. The van der Waals surface area contributed by atoms with E-state index in [9.17, 15) is 9.59 Å². The van der Waals surface area contributed by atoms with Gasteiger partial charge < -0.3 is 5.11 Å². The number of allylic oxidation sites excluding steroid dienone is 5. The zero-order valence-electron chi connectivity index (χ0n) is 9.80. The van der Waals surface area contributed by atoms with E-state index < -0.39 is 5.97 Å². The van der Waals surface area contributed by atoms with Crippen LogP contribution in [-0.2, 0) is 9.59 Å². The zero-order valence-corrected chi connectivity index (χ0v) is 9.80. The van der Waals surface area contributed by atoms with Gasteiger partial charge in [0.1, 0.15) is 5.71 Å². The molecular formula is C14H13NO3. The minimum atomic E-state index is -1.08. The van der Waals surface area contributed by atoms with Gasteiger partial charge in [0.25, 0.3) is 0 Å². The molecule has 0 unspecified atom stereocenters. The van der Waals surface area contributed by atoms with Gasteiger partial charge in [0.05, 0.1) is 5.70 Å². The van der Waals surface area contributed by atoms with Gasteiger partial charge in [-0.15, -0.1) is 0 Å². The molecule has 0 amide bonds. The molecule has 0 radical (unpaired) electrons. The first-order chi connectivity index (χ1) is 8.66. The average Bonchev–Trinajstić information content (AvgIpc) is 3.00. The molecule has 0 atom stereocenters. The minimum absolute atomic E-state index is 0.0272. The van der Waals surface area contributed by atoms with Gasteiger partial charge in [0, 0.05) is 11.6 Å². The van der Waals surface area contributed by atoms with Crippen LogP contribution in [-0.4, -0.2) is 22.6 Å². The normalized spacial score (nSPS) is 19.6. The van der Waals surface area contributed by atoms with Gasteiger partial charge in [-0.3, -0.25) is 4.79 Å². The SMILES string of the molecule is C1=CCCC1.O=C1C=CC2=CC(C(=O)O)=NC2=C1. The molecular weight excluding hydrogens is 230 g/mol. The van der Waals surface area contributed by atoms with Crippen LogP contribution in [0.4, 0.5) is 0 Å². The van der Waals surface area contributed by atoms with Gasteiger partial charge in [0.2, 0.25) is 0 Å². The number of hydrogen-bond donors (Lipinski definition) is 1. The summed E-state index contributed by atoms with van der Waals surface area (Å²) in [5.74, 6) is -1.24. The second kappa shape index (κ2) is 5.40. The Hall–Kier alpha value is -2.23. The molecule has 4 nitrogen and oxygen atoms in total. The highest BCUT2D eigenvalue weighted by Crippen LogP contribution is 2.23. The molecule has 1 aliphatic heterocycles. The van der Waals surface area contributed by atoms with E-state index in [-0.39, 0.29) is 11.5 Å². The molecule has 1 N–H and O–H groups in total. The van der Waals surface area contributed by atoms with Crippen LogP contribution >= 0.6 is 0 Å². The third kappa shape index (κ3) is 2.91. The van der Waals surface area contributed by atoms with Crippen LogP contribution in [0, 0.1) is 0 Å². The molecule has 0 aromatic rings. The van der Waals surface area contributed by atoms with E-state index in [2.05, 4.69) is 17.1 Å². The van der Waals surface area contributed by atoms with E-state index in [4.69, 9.17) is 5.11 Å². The van der Waals surface area contributed by atoms with Gasteiger partial charge in [0.15, 0.2) is 5.78 Å². The second-order valence-electron chi connectivity index (χ2n) is 4.07. The molecule has 18 heavy (non-hydrogen) atoms. The first-order valence-electron chi connectivity index (χ1n) is 5.79. The Kier molecular flexibility index (Phi) is 3.67. The number of rotatable bonds is 1. The predicted molar refractivity (Wildman–Crippen MR) is 68.4 cm³/mol. The Morgan fingerprint density at radius 2 is 1.89 bits per heavy atom. The number of aliphatic carboxylic acids is 1. The maximum Gasteiger partial charge on any atom is 0.354 e. The van der Waals surface area contributed by atoms with Crippen molar-refractivity contribution in [2.24, 2.45) is 4.99 Å². The number of nitrogens with zero attached hydrogens (tertiary/aromatic N) is 1. The molecule has 0 aromatic heterocycles. The Balaban J connectivity index is 0.000000202. The van der Waals surface area contributed by atoms with Crippen molar-refractivity contribution in [2.45, 2.75) is 19.3 Å². The molecule has 0 fully saturated rings. The third-order valence-corrected chi connectivity index (χ3v) is 2.66. The lowest BCUT2D eigenvalue weighted by Gasteiger charge is -1.99. The number of aliphatic imine (C=N–C) groups is 1. The van der Waals surface area contributed by atoms with Crippen molar-refractivity contribution in [2.75, 3.05) is 0 Å². The van der Waals surface area contributed by atoms with Gasteiger partial charge in [-0.25, -0.2) is 9.79 Å². The number of carbonyl (C=O) groups excluding carboxylic acids is 1. The fraction of sp³-hybridized carbons (Fsp3) is 0.214. The molecule has 0 aromatic carbocycles. The van der Waals surface area contributed by atoms with Gasteiger partial charge in [-0.2, -0.15) is 0 Å². The van der Waals surface area contributed by atoms with Crippen molar-refractivity contribution in [3.8, 4) is 0 Å². The Bertz CT molecular complexity index is 527. The van der Waals surface area contributed by atoms with Crippen LogP contribution in [0.5, 0.6) is 0 Å². The van der Waals surface area contributed by atoms with Gasteiger partial charge >= 0.3 is 5.97 Å². The van der Waals surface area contributed by atoms with Gasteiger partial charge in [-0.1, -0.05) is 12.2 Å². The summed E-state index contributed by atoms with van der Waals surface area (Å²) < 4.78 is 0. The summed E-state index contributed by atoms with van der Waals surface area (Å²) in [4.78, 5) is 25.2. The maximum atomic E-state index is 10.9. The number of hydrogen-bond acceptors (Lipinski definition) is 3. The fourth-order valence-corrected chi connectivity index (χ4v) is 1.75. The van der Waals surface area contributed by atoms with Crippen LogP contribution in [0.3, 0.4) is 0 Å². The number of fused-ring (bicyclic) bond motifs is 1. The largest absolute Gasteiger partial charge is 0.477 e. The van der Waals surface area contributed by atoms with E-state index in [0.717, 1.165) is 0 Å². The van der Waals surface area contributed by atoms with Crippen molar-refractivity contribution >= 4 is 17.5 Å². The first-order valence-corrected chi connectivity index (χ1v) is 5.79. The topological polar surface area (TPSA) is 66.7 Å². The number of carboxylic acids is 1. The molecule has 3 rings (SSSR count). The lowest BCUT2D eigenvalue weighted by molar-refractivity contribution is -0.129. The number of ketones is 1. The summed E-state index contributed by atoms with van der Waals surface area (Å²) in [5.41, 5.74) is 1.09.